The number of nitrogens with one attached hydrogen (secondary N) is 1. The summed E-state index contributed by atoms with van der Waals surface area (Å²) >= 11 is 1.31. The van der Waals surface area contributed by atoms with Crippen LogP contribution in [0.2, 0.25) is 0 Å². The van der Waals surface area contributed by atoms with Gasteiger partial charge in [-0.15, -0.1) is 11.8 Å². The maximum Gasteiger partial charge on any atom is 0.313 e. The van der Waals surface area contributed by atoms with Crippen LogP contribution >= 0.6 is 11.8 Å². The number of aryl methyl sites for hydroxylation is 1. The van der Waals surface area contributed by atoms with Gasteiger partial charge in [-0.3, -0.25) is 9.59 Å². The number of amides is 1. The van der Waals surface area contributed by atoms with Crippen molar-refractivity contribution in [1.29, 1.82) is 0 Å². The van der Waals surface area contributed by atoms with Crippen LogP contribution in [0.1, 0.15) is 18.4 Å². The Morgan fingerprint density at radius 3 is 2.63 bits per heavy atom. The molecule has 0 fully saturated rings. The van der Waals surface area contributed by atoms with E-state index in [1.807, 2.05) is 18.2 Å². The number of benzene rings is 1. The second kappa shape index (κ2) is 9.44. The Hall–Kier alpha value is -1.49. The van der Waals surface area contributed by atoms with E-state index in [4.69, 9.17) is 5.11 Å². The van der Waals surface area contributed by atoms with Gasteiger partial charge in [-0.25, -0.2) is 0 Å². The Kier molecular flexibility index (Phi) is 7.74. The second-order valence-electron chi connectivity index (χ2n) is 4.14. The van der Waals surface area contributed by atoms with Gasteiger partial charge in [-0.05, 0) is 18.4 Å². The molecule has 2 N–H and O–H groups in total. The Bertz CT molecular complexity index is 395. The zero-order valence-corrected chi connectivity index (χ0v) is 11.6. The molecule has 0 aliphatic rings. The van der Waals surface area contributed by atoms with Crippen molar-refractivity contribution >= 4 is 23.6 Å². The number of hydrogen-bond donors (Lipinski definition) is 2. The standard InChI is InChI=1S/C14H19NO3S/c16-13(15-9-10-19-11-14(17)18)8-4-7-12-5-2-1-3-6-12/h1-3,5-6H,4,7-11H2,(H,15,16)(H,17,18). The molecule has 0 aliphatic carbocycles. The molecule has 4 nitrogen and oxygen atoms in total. The zero-order chi connectivity index (χ0) is 13.9. The van der Waals surface area contributed by atoms with Crippen LogP contribution in [0, 0.1) is 0 Å². The van der Waals surface area contributed by atoms with E-state index in [0.29, 0.717) is 18.7 Å². The Labute approximate surface area is 117 Å². The van der Waals surface area contributed by atoms with Crippen LogP contribution in [0.25, 0.3) is 0 Å². The van der Waals surface area contributed by atoms with E-state index >= 15 is 0 Å². The van der Waals surface area contributed by atoms with Gasteiger partial charge in [0.25, 0.3) is 0 Å². The third-order valence-electron chi connectivity index (χ3n) is 2.51. The molecule has 0 saturated heterocycles. The highest BCUT2D eigenvalue weighted by Gasteiger charge is 2.02. The number of carbonyl (C=O) groups is 2. The predicted molar refractivity (Wildman–Crippen MR) is 77.4 cm³/mol. The summed E-state index contributed by atoms with van der Waals surface area (Å²) in [5.74, 6) is -0.0633. The van der Waals surface area contributed by atoms with E-state index in [-0.39, 0.29) is 11.7 Å². The third-order valence-corrected chi connectivity index (χ3v) is 3.45. The molecule has 5 heteroatoms. The van der Waals surface area contributed by atoms with Crippen molar-refractivity contribution in [2.45, 2.75) is 19.3 Å². The molecule has 0 aromatic heterocycles. The first-order valence-corrected chi connectivity index (χ1v) is 7.44. The van der Waals surface area contributed by atoms with Crippen molar-refractivity contribution in [2.75, 3.05) is 18.1 Å². The minimum atomic E-state index is -0.820. The van der Waals surface area contributed by atoms with Gasteiger partial charge in [0.15, 0.2) is 0 Å². The summed E-state index contributed by atoms with van der Waals surface area (Å²) in [7, 11) is 0. The summed E-state index contributed by atoms with van der Waals surface area (Å²) in [4.78, 5) is 21.8. The van der Waals surface area contributed by atoms with E-state index in [1.165, 1.54) is 17.3 Å². The minimum absolute atomic E-state index is 0.0341. The number of thioether (sulfide) groups is 1. The SMILES string of the molecule is O=C(O)CSCCNC(=O)CCCc1ccccc1. The van der Waals surface area contributed by atoms with Gasteiger partial charge < -0.3 is 10.4 Å². The number of aliphatic carboxylic acids is 1. The highest BCUT2D eigenvalue weighted by Crippen LogP contribution is 2.04. The first-order chi connectivity index (χ1) is 9.18. The fraction of sp³-hybridized carbons (Fsp3) is 0.429. The lowest BCUT2D eigenvalue weighted by Crippen LogP contribution is -2.25. The van der Waals surface area contributed by atoms with Crippen LogP contribution < -0.4 is 5.32 Å². The van der Waals surface area contributed by atoms with Gasteiger partial charge in [-0.2, -0.15) is 0 Å². The quantitative estimate of drug-likeness (QED) is 0.679. The molecular weight excluding hydrogens is 262 g/mol. The lowest BCUT2D eigenvalue weighted by atomic mass is 10.1. The molecule has 0 aliphatic heterocycles. The largest absolute Gasteiger partial charge is 0.481 e. The zero-order valence-electron chi connectivity index (χ0n) is 10.8. The van der Waals surface area contributed by atoms with Gasteiger partial charge in [0, 0.05) is 18.7 Å². The van der Waals surface area contributed by atoms with Crippen molar-refractivity contribution in [2.24, 2.45) is 0 Å². The van der Waals surface area contributed by atoms with E-state index in [1.54, 1.807) is 0 Å². The highest BCUT2D eigenvalue weighted by molar-refractivity contribution is 7.99. The first-order valence-electron chi connectivity index (χ1n) is 6.28. The summed E-state index contributed by atoms with van der Waals surface area (Å²) in [6, 6.07) is 10.1. The van der Waals surface area contributed by atoms with Crippen LogP contribution in [0.15, 0.2) is 30.3 Å². The van der Waals surface area contributed by atoms with Gasteiger partial charge >= 0.3 is 5.97 Å². The summed E-state index contributed by atoms with van der Waals surface area (Å²) in [5, 5.41) is 11.2. The Morgan fingerprint density at radius 1 is 1.21 bits per heavy atom. The maximum absolute atomic E-state index is 11.5. The molecule has 0 radical (unpaired) electrons. The number of carboxylic acid groups (broad SMARTS) is 1. The van der Waals surface area contributed by atoms with Crippen molar-refractivity contribution in [1.82, 2.24) is 5.32 Å². The van der Waals surface area contributed by atoms with E-state index in [9.17, 15) is 9.59 Å². The fourth-order valence-corrected chi connectivity index (χ4v) is 2.17. The van der Waals surface area contributed by atoms with Crippen molar-refractivity contribution in [3.05, 3.63) is 35.9 Å². The number of carbonyl (C=O) groups excluding carboxylic acids is 1. The van der Waals surface area contributed by atoms with Gasteiger partial charge in [0.05, 0.1) is 5.75 Å². The van der Waals surface area contributed by atoms with Gasteiger partial charge in [0.2, 0.25) is 5.91 Å². The molecule has 0 spiro atoms. The molecule has 19 heavy (non-hydrogen) atoms. The molecule has 0 atom stereocenters. The summed E-state index contributed by atoms with van der Waals surface area (Å²) in [6.07, 6.45) is 2.25. The van der Waals surface area contributed by atoms with E-state index in [2.05, 4.69) is 17.4 Å². The average Bonchev–Trinajstić information content (AvgIpc) is 2.39. The lowest BCUT2D eigenvalue weighted by Gasteiger charge is -2.04. The monoisotopic (exact) mass is 281 g/mol. The molecule has 1 aromatic rings. The molecule has 1 rings (SSSR count). The summed E-state index contributed by atoms with van der Waals surface area (Å²) < 4.78 is 0. The van der Waals surface area contributed by atoms with Crippen LogP contribution in [0.5, 0.6) is 0 Å². The molecule has 0 unspecified atom stereocenters. The van der Waals surface area contributed by atoms with Crippen molar-refractivity contribution in [3.63, 3.8) is 0 Å². The molecule has 104 valence electrons. The summed E-state index contributed by atoms with van der Waals surface area (Å²) in [6.45, 7) is 0.530. The van der Waals surface area contributed by atoms with Crippen LogP contribution in [-0.4, -0.2) is 35.0 Å². The predicted octanol–water partition coefficient (Wildman–Crippen LogP) is 1.94. The van der Waals surface area contributed by atoms with Crippen LogP contribution in [-0.2, 0) is 16.0 Å². The van der Waals surface area contributed by atoms with Gasteiger partial charge in [0.1, 0.15) is 0 Å². The second-order valence-corrected chi connectivity index (χ2v) is 5.24. The lowest BCUT2D eigenvalue weighted by molar-refractivity contribution is -0.133. The number of rotatable bonds is 9. The molecule has 0 saturated carbocycles. The number of hydrogen-bond acceptors (Lipinski definition) is 3. The molecule has 0 bridgehead atoms. The smallest absolute Gasteiger partial charge is 0.313 e. The average molecular weight is 281 g/mol. The van der Waals surface area contributed by atoms with E-state index < -0.39 is 5.97 Å². The van der Waals surface area contributed by atoms with Gasteiger partial charge in [-0.1, -0.05) is 30.3 Å². The number of carboxylic acids is 1. The highest BCUT2D eigenvalue weighted by atomic mass is 32.2. The fourth-order valence-electron chi connectivity index (χ4n) is 1.61. The first kappa shape index (κ1) is 15.6. The van der Waals surface area contributed by atoms with E-state index in [0.717, 1.165) is 12.8 Å². The Balaban J connectivity index is 2.01. The molecule has 1 aromatic carbocycles. The van der Waals surface area contributed by atoms with Crippen LogP contribution in [0.4, 0.5) is 0 Å². The maximum atomic E-state index is 11.5. The van der Waals surface area contributed by atoms with Crippen molar-refractivity contribution in [3.8, 4) is 0 Å². The molecule has 0 heterocycles. The van der Waals surface area contributed by atoms with Crippen LogP contribution in [0.3, 0.4) is 0 Å². The third kappa shape index (κ3) is 8.26. The summed E-state index contributed by atoms with van der Waals surface area (Å²) in [5.41, 5.74) is 1.24. The van der Waals surface area contributed by atoms with Crippen molar-refractivity contribution < 1.29 is 14.7 Å². The normalized spacial score (nSPS) is 10.1. The molecular formula is C14H19NO3S. The molecule has 1 amide bonds. The minimum Gasteiger partial charge on any atom is -0.481 e. The Morgan fingerprint density at radius 2 is 1.95 bits per heavy atom. The topological polar surface area (TPSA) is 66.4 Å².